The first-order valence-electron chi connectivity index (χ1n) is 5.73. The number of thioether (sulfide) groups is 1. The van der Waals surface area contributed by atoms with Crippen LogP contribution in [0.3, 0.4) is 0 Å². The molecule has 0 aromatic carbocycles. The van der Waals surface area contributed by atoms with Crippen molar-refractivity contribution in [3.63, 3.8) is 0 Å². The van der Waals surface area contributed by atoms with E-state index in [0.717, 1.165) is 37.6 Å². The van der Waals surface area contributed by atoms with Crippen LogP contribution in [0.1, 0.15) is 19.8 Å². The zero-order valence-electron chi connectivity index (χ0n) is 9.56. The van der Waals surface area contributed by atoms with Crippen LogP contribution in [0.4, 0.5) is 0 Å². The average molecular weight is 239 g/mol. The normalized spacial score (nSPS) is 15.7. The number of aromatic nitrogens is 2. The number of rotatable bonds is 4. The van der Waals surface area contributed by atoms with Gasteiger partial charge in [0, 0.05) is 32.0 Å². The maximum absolute atomic E-state index is 11.8. The summed E-state index contributed by atoms with van der Waals surface area (Å²) in [6.45, 7) is 4.84. The van der Waals surface area contributed by atoms with Crippen molar-refractivity contribution in [2.45, 2.75) is 31.5 Å². The van der Waals surface area contributed by atoms with Gasteiger partial charge in [0.1, 0.15) is 0 Å². The third-order valence-electron chi connectivity index (χ3n) is 2.80. The first-order valence-corrected chi connectivity index (χ1v) is 6.71. The molecule has 0 radical (unpaired) electrons. The Hall–Kier alpha value is -0.970. The minimum absolute atomic E-state index is 0.244. The van der Waals surface area contributed by atoms with Gasteiger partial charge in [-0.05, 0) is 19.8 Å². The average Bonchev–Trinajstić information content (AvgIpc) is 2.96. The van der Waals surface area contributed by atoms with E-state index in [4.69, 9.17) is 0 Å². The lowest BCUT2D eigenvalue weighted by Crippen LogP contribution is -2.29. The van der Waals surface area contributed by atoms with E-state index in [1.807, 2.05) is 11.1 Å². The Bertz CT molecular complexity index is 358. The number of imidazole rings is 1. The number of likely N-dealkylation sites (tertiary alicyclic amines) is 1. The predicted octanol–water partition coefficient (Wildman–Crippen LogP) is 1.62. The largest absolute Gasteiger partial charge is 0.342 e. The summed E-state index contributed by atoms with van der Waals surface area (Å²) in [5, 5.41) is 0.940. The van der Waals surface area contributed by atoms with Crippen LogP contribution in [-0.4, -0.2) is 39.2 Å². The molecule has 4 nitrogen and oxygen atoms in total. The molecule has 16 heavy (non-hydrogen) atoms. The van der Waals surface area contributed by atoms with Gasteiger partial charge in [-0.1, -0.05) is 11.8 Å². The van der Waals surface area contributed by atoms with E-state index in [1.54, 1.807) is 6.20 Å². The van der Waals surface area contributed by atoms with Crippen LogP contribution >= 0.6 is 11.8 Å². The Morgan fingerprint density at radius 1 is 1.50 bits per heavy atom. The van der Waals surface area contributed by atoms with Gasteiger partial charge < -0.3 is 9.47 Å². The molecule has 1 amide bonds. The highest BCUT2D eigenvalue weighted by molar-refractivity contribution is 7.99. The molecule has 1 aromatic heterocycles. The summed E-state index contributed by atoms with van der Waals surface area (Å²) in [4.78, 5) is 18.0. The van der Waals surface area contributed by atoms with Crippen LogP contribution < -0.4 is 0 Å². The number of aryl methyl sites for hydroxylation is 1. The lowest BCUT2D eigenvalue weighted by atomic mass is 10.4. The predicted molar refractivity (Wildman–Crippen MR) is 64.4 cm³/mol. The van der Waals surface area contributed by atoms with Crippen molar-refractivity contribution in [2.75, 3.05) is 18.8 Å². The van der Waals surface area contributed by atoms with Gasteiger partial charge in [0.05, 0.1) is 5.75 Å². The molecular weight excluding hydrogens is 222 g/mol. The maximum atomic E-state index is 11.8. The molecule has 0 saturated carbocycles. The quantitative estimate of drug-likeness (QED) is 0.749. The summed E-state index contributed by atoms with van der Waals surface area (Å²) in [5.74, 6) is 0.755. The molecule has 1 aliphatic heterocycles. The number of carbonyl (C=O) groups is 1. The van der Waals surface area contributed by atoms with E-state index in [9.17, 15) is 4.79 Å². The molecule has 2 heterocycles. The SMILES string of the molecule is CCn1ccnc1SCC(=O)N1CCCC1. The van der Waals surface area contributed by atoms with Crippen molar-refractivity contribution in [1.29, 1.82) is 0 Å². The molecular formula is C11H17N3OS. The molecule has 0 spiro atoms. The third kappa shape index (κ3) is 2.58. The number of carbonyl (C=O) groups excluding carboxylic acids is 1. The second kappa shape index (κ2) is 5.39. The number of nitrogens with zero attached hydrogens (tertiary/aromatic N) is 3. The van der Waals surface area contributed by atoms with Gasteiger partial charge in [0.2, 0.25) is 5.91 Å². The molecule has 0 atom stereocenters. The van der Waals surface area contributed by atoms with Crippen LogP contribution in [0, 0.1) is 0 Å². The van der Waals surface area contributed by atoms with Gasteiger partial charge in [-0.3, -0.25) is 4.79 Å². The molecule has 0 bridgehead atoms. The molecule has 0 N–H and O–H groups in total. The monoisotopic (exact) mass is 239 g/mol. The fraction of sp³-hybridized carbons (Fsp3) is 0.636. The van der Waals surface area contributed by atoms with Gasteiger partial charge >= 0.3 is 0 Å². The Labute approximate surface area is 100 Å². The molecule has 0 unspecified atom stereocenters. The minimum atomic E-state index is 0.244. The molecule has 2 rings (SSSR count). The number of amides is 1. The van der Waals surface area contributed by atoms with Crippen molar-refractivity contribution in [3.05, 3.63) is 12.4 Å². The van der Waals surface area contributed by atoms with Crippen LogP contribution in [0.25, 0.3) is 0 Å². The smallest absolute Gasteiger partial charge is 0.233 e. The molecule has 0 aliphatic carbocycles. The number of hydrogen-bond acceptors (Lipinski definition) is 3. The van der Waals surface area contributed by atoms with E-state index < -0.39 is 0 Å². The zero-order chi connectivity index (χ0) is 11.4. The fourth-order valence-corrected chi connectivity index (χ4v) is 2.79. The third-order valence-corrected chi connectivity index (χ3v) is 3.79. The summed E-state index contributed by atoms with van der Waals surface area (Å²) >= 11 is 1.53. The molecule has 1 aliphatic rings. The first-order chi connectivity index (χ1) is 7.81. The zero-order valence-corrected chi connectivity index (χ0v) is 10.4. The van der Waals surface area contributed by atoms with Gasteiger partial charge in [-0.15, -0.1) is 0 Å². The van der Waals surface area contributed by atoms with Gasteiger partial charge in [-0.2, -0.15) is 0 Å². The lowest BCUT2D eigenvalue weighted by Gasteiger charge is -2.14. The van der Waals surface area contributed by atoms with Crippen molar-refractivity contribution >= 4 is 17.7 Å². The number of hydrogen-bond donors (Lipinski definition) is 0. The second-order valence-corrected chi connectivity index (χ2v) is 4.81. The van der Waals surface area contributed by atoms with E-state index in [0.29, 0.717) is 5.75 Å². The fourth-order valence-electron chi connectivity index (χ4n) is 1.86. The molecule has 1 aromatic rings. The summed E-state index contributed by atoms with van der Waals surface area (Å²) in [6.07, 6.45) is 6.04. The molecule has 1 fully saturated rings. The molecule has 88 valence electrons. The lowest BCUT2D eigenvalue weighted by molar-refractivity contribution is -0.127. The van der Waals surface area contributed by atoms with Crippen LogP contribution in [0.5, 0.6) is 0 Å². The Morgan fingerprint density at radius 2 is 2.25 bits per heavy atom. The highest BCUT2D eigenvalue weighted by Gasteiger charge is 2.18. The van der Waals surface area contributed by atoms with E-state index in [1.165, 1.54) is 11.8 Å². The Morgan fingerprint density at radius 3 is 2.94 bits per heavy atom. The van der Waals surface area contributed by atoms with Crippen LogP contribution in [0.15, 0.2) is 17.6 Å². The van der Waals surface area contributed by atoms with E-state index in [2.05, 4.69) is 16.5 Å². The highest BCUT2D eigenvalue weighted by atomic mass is 32.2. The van der Waals surface area contributed by atoms with E-state index >= 15 is 0 Å². The summed E-state index contributed by atoms with van der Waals surface area (Å²) in [6, 6.07) is 0. The van der Waals surface area contributed by atoms with Gasteiger partial charge in [-0.25, -0.2) is 4.98 Å². The maximum Gasteiger partial charge on any atom is 0.233 e. The van der Waals surface area contributed by atoms with E-state index in [-0.39, 0.29) is 5.91 Å². The summed E-state index contributed by atoms with van der Waals surface area (Å²) < 4.78 is 2.06. The first kappa shape index (κ1) is 11.5. The molecule has 5 heteroatoms. The highest BCUT2D eigenvalue weighted by Crippen LogP contribution is 2.17. The van der Waals surface area contributed by atoms with Gasteiger partial charge in [0.25, 0.3) is 0 Å². The Balaban J connectivity index is 1.84. The van der Waals surface area contributed by atoms with Gasteiger partial charge in [0.15, 0.2) is 5.16 Å². The molecule has 1 saturated heterocycles. The van der Waals surface area contributed by atoms with Crippen molar-refractivity contribution in [1.82, 2.24) is 14.5 Å². The van der Waals surface area contributed by atoms with Crippen molar-refractivity contribution < 1.29 is 4.79 Å². The summed E-state index contributed by atoms with van der Waals surface area (Å²) in [5.41, 5.74) is 0. The standard InChI is InChI=1S/C11H17N3OS/c1-2-13-8-5-12-11(13)16-9-10(15)14-6-3-4-7-14/h5,8H,2-4,6-7,9H2,1H3. The summed E-state index contributed by atoms with van der Waals surface area (Å²) in [7, 11) is 0. The Kier molecular flexibility index (Phi) is 3.88. The minimum Gasteiger partial charge on any atom is -0.342 e. The van der Waals surface area contributed by atoms with Crippen molar-refractivity contribution in [2.24, 2.45) is 0 Å². The topological polar surface area (TPSA) is 38.1 Å². The van der Waals surface area contributed by atoms with Crippen LogP contribution in [-0.2, 0) is 11.3 Å². The van der Waals surface area contributed by atoms with Crippen molar-refractivity contribution in [3.8, 4) is 0 Å². The second-order valence-electron chi connectivity index (χ2n) is 3.87. The van der Waals surface area contributed by atoms with Crippen LogP contribution in [0.2, 0.25) is 0 Å².